The average molecular weight is 493 g/mol. The molecule has 1 amide bonds. The van der Waals surface area contributed by atoms with Crippen LogP contribution in [-0.4, -0.2) is 33.7 Å². The number of aryl methyl sites for hydroxylation is 2. The van der Waals surface area contributed by atoms with E-state index in [1.807, 2.05) is 6.92 Å². The normalized spacial score (nSPS) is 15.3. The van der Waals surface area contributed by atoms with Crippen LogP contribution in [-0.2, 0) is 27.7 Å². The number of nitrogens with zero attached hydrogens (tertiary/aromatic N) is 1. The molecule has 0 saturated carbocycles. The quantitative estimate of drug-likeness (QED) is 0.532. The summed E-state index contributed by atoms with van der Waals surface area (Å²) in [4.78, 5) is 13.4. The standard InChI is InChI=1S/C25H33ClN2O4S/c1-5-22(19-12-11-17-9-7-8-10-18(17)15-19)27-25(29)23(6-2)28(33(4,30)31)20-13-14-24(32-3)21(26)16-20/h11-16,22-23H,5-10H2,1-4H3,(H,27,29)/t22-,23-/m0/s1. The van der Waals surface area contributed by atoms with Crippen LogP contribution in [0.25, 0.3) is 0 Å². The van der Waals surface area contributed by atoms with Crippen LogP contribution in [0.2, 0.25) is 5.02 Å². The highest BCUT2D eigenvalue weighted by Crippen LogP contribution is 2.32. The number of nitrogens with one attached hydrogen (secondary N) is 1. The lowest BCUT2D eigenvalue weighted by molar-refractivity contribution is -0.123. The van der Waals surface area contributed by atoms with E-state index in [-0.39, 0.29) is 17.0 Å². The fourth-order valence-corrected chi connectivity index (χ4v) is 5.97. The molecule has 0 aliphatic heterocycles. The molecule has 1 N–H and O–H groups in total. The number of benzene rings is 2. The lowest BCUT2D eigenvalue weighted by Gasteiger charge is -2.32. The number of carbonyl (C=O) groups excluding carboxylic acids is 1. The Morgan fingerprint density at radius 2 is 1.79 bits per heavy atom. The maximum Gasteiger partial charge on any atom is 0.244 e. The van der Waals surface area contributed by atoms with Crippen molar-refractivity contribution in [1.82, 2.24) is 5.32 Å². The smallest absolute Gasteiger partial charge is 0.244 e. The van der Waals surface area contributed by atoms with E-state index in [2.05, 4.69) is 23.5 Å². The molecule has 2 aromatic rings. The number of carbonyl (C=O) groups is 1. The van der Waals surface area contributed by atoms with E-state index in [1.165, 1.54) is 37.1 Å². The summed E-state index contributed by atoms with van der Waals surface area (Å²) in [5.41, 5.74) is 4.12. The van der Waals surface area contributed by atoms with Crippen LogP contribution in [0.3, 0.4) is 0 Å². The summed E-state index contributed by atoms with van der Waals surface area (Å²) in [7, 11) is -2.27. The number of fused-ring (bicyclic) bond motifs is 1. The summed E-state index contributed by atoms with van der Waals surface area (Å²) in [6.45, 7) is 3.82. The van der Waals surface area contributed by atoms with Gasteiger partial charge in [0.2, 0.25) is 15.9 Å². The SMILES string of the molecule is CC[C@H](NC(=O)[C@H](CC)N(c1ccc(OC)c(Cl)c1)S(C)(=O)=O)c1ccc2c(c1)CCCC2. The van der Waals surface area contributed by atoms with Crippen LogP contribution in [0.1, 0.15) is 62.3 Å². The third kappa shape index (κ3) is 5.82. The molecule has 0 radical (unpaired) electrons. The van der Waals surface area contributed by atoms with Crippen molar-refractivity contribution in [3.8, 4) is 5.75 Å². The summed E-state index contributed by atoms with van der Waals surface area (Å²) >= 11 is 6.25. The topological polar surface area (TPSA) is 75.7 Å². The van der Waals surface area contributed by atoms with Gasteiger partial charge in [-0.2, -0.15) is 0 Å². The van der Waals surface area contributed by atoms with Crippen molar-refractivity contribution in [2.45, 2.75) is 64.5 Å². The molecule has 33 heavy (non-hydrogen) atoms. The number of halogens is 1. The van der Waals surface area contributed by atoms with Crippen LogP contribution in [0.15, 0.2) is 36.4 Å². The predicted molar refractivity (Wildman–Crippen MR) is 134 cm³/mol. The second-order valence-electron chi connectivity index (χ2n) is 8.51. The average Bonchev–Trinajstić information content (AvgIpc) is 2.79. The van der Waals surface area contributed by atoms with Crippen LogP contribution < -0.4 is 14.4 Å². The first-order chi connectivity index (χ1) is 15.7. The van der Waals surface area contributed by atoms with E-state index >= 15 is 0 Å². The number of ether oxygens (including phenoxy) is 1. The van der Waals surface area contributed by atoms with Gasteiger partial charge in [-0.05, 0) is 73.4 Å². The van der Waals surface area contributed by atoms with Gasteiger partial charge in [0.1, 0.15) is 11.8 Å². The van der Waals surface area contributed by atoms with Gasteiger partial charge in [0.15, 0.2) is 0 Å². The second kappa shape index (κ2) is 10.8. The molecule has 2 atom stereocenters. The Kier molecular flexibility index (Phi) is 8.29. The molecule has 0 unspecified atom stereocenters. The number of anilines is 1. The third-order valence-electron chi connectivity index (χ3n) is 6.22. The molecule has 2 aromatic carbocycles. The van der Waals surface area contributed by atoms with E-state index < -0.39 is 16.1 Å². The van der Waals surface area contributed by atoms with Crippen molar-refractivity contribution >= 4 is 33.2 Å². The second-order valence-corrected chi connectivity index (χ2v) is 10.8. The van der Waals surface area contributed by atoms with Crippen LogP contribution in [0, 0.1) is 0 Å². The van der Waals surface area contributed by atoms with Gasteiger partial charge in [-0.1, -0.05) is 43.6 Å². The van der Waals surface area contributed by atoms with Crippen molar-refractivity contribution in [2.75, 3.05) is 17.7 Å². The molecule has 1 aliphatic carbocycles. The molecule has 0 bridgehead atoms. The predicted octanol–water partition coefficient (Wildman–Crippen LogP) is 5.04. The first-order valence-electron chi connectivity index (χ1n) is 11.4. The highest BCUT2D eigenvalue weighted by Gasteiger charge is 2.33. The molecule has 0 heterocycles. The van der Waals surface area contributed by atoms with Gasteiger partial charge >= 0.3 is 0 Å². The summed E-state index contributed by atoms with van der Waals surface area (Å²) in [6.07, 6.45) is 6.68. The number of rotatable bonds is 9. The van der Waals surface area contributed by atoms with Crippen molar-refractivity contribution in [1.29, 1.82) is 0 Å². The number of sulfonamides is 1. The van der Waals surface area contributed by atoms with Gasteiger partial charge in [-0.3, -0.25) is 9.10 Å². The zero-order chi connectivity index (χ0) is 24.2. The summed E-state index contributed by atoms with van der Waals surface area (Å²) in [6, 6.07) is 10.1. The molecule has 0 fully saturated rings. The van der Waals surface area contributed by atoms with Crippen molar-refractivity contribution < 1.29 is 17.9 Å². The molecule has 1 aliphatic rings. The molecular weight excluding hydrogens is 460 g/mol. The highest BCUT2D eigenvalue weighted by atomic mass is 35.5. The van der Waals surface area contributed by atoms with Gasteiger partial charge in [-0.15, -0.1) is 0 Å². The van der Waals surface area contributed by atoms with Gasteiger partial charge in [0.05, 0.1) is 30.1 Å². The fraction of sp³-hybridized carbons (Fsp3) is 0.480. The Hall–Kier alpha value is -2.25. The molecule has 3 rings (SSSR count). The van der Waals surface area contributed by atoms with E-state index in [4.69, 9.17) is 16.3 Å². The highest BCUT2D eigenvalue weighted by molar-refractivity contribution is 7.92. The first kappa shape index (κ1) is 25.4. The monoisotopic (exact) mass is 492 g/mol. The van der Waals surface area contributed by atoms with E-state index in [0.29, 0.717) is 24.3 Å². The van der Waals surface area contributed by atoms with Crippen molar-refractivity contribution in [3.63, 3.8) is 0 Å². The Labute approximate surface area is 202 Å². The van der Waals surface area contributed by atoms with Crippen LogP contribution in [0.5, 0.6) is 5.75 Å². The zero-order valence-corrected chi connectivity index (χ0v) is 21.3. The molecule has 180 valence electrons. The molecule has 0 saturated heterocycles. The maximum atomic E-state index is 13.4. The minimum atomic E-state index is -3.76. The van der Waals surface area contributed by atoms with Gasteiger partial charge in [-0.25, -0.2) is 8.42 Å². The first-order valence-corrected chi connectivity index (χ1v) is 13.7. The maximum absolute atomic E-state index is 13.4. The summed E-state index contributed by atoms with van der Waals surface area (Å²) < 4.78 is 31.8. The largest absolute Gasteiger partial charge is 0.495 e. The summed E-state index contributed by atoms with van der Waals surface area (Å²) in [5.74, 6) is 0.101. The number of methoxy groups -OCH3 is 1. The Balaban J connectivity index is 1.89. The molecular formula is C25H33ClN2O4S. The molecule has 8 heteroatoms. The summed E-state index contributed by atoms with van der Waals surface area (Å²) in [5, 5.41) is 3.37. The number of amides is 1. The van der Waals surface area contributed by atoms with Gasteiger partial charge < -0.3 is 10.1 Å². The van der Waals surface area contributed by atoms with E-state index in [9.17, 15) is 13.2 Å². The Morgan fingerprint density at radius 3 is 2.36 bits per heavy atom. The Bertz CT molecular complexity index is 1100. The number of hydrogen-bond acceptors (Lipinski definition) is 4. The molecule has 0 aromatic heterocycles. The molecule has 0 spiro atoms. The van der Waals surface area contributed by atoms with Crippen LogP contribution >= 0.6 is 11.6 Å². The third-order valence-corrected chi connectivity index (χ3v) is 7.69. The van der Waals surface area contributed by atoms with Crippen molar-refractivity contribution in [2.24, 2.45) is 0 Å². The van der Waals surface area contributed by atoms with Crippen LogP contribution in [0.4, 0.5) is 5.69 Å². The number of hydrogen-bond donors (Lipinski definition) is 1. The van der Waals surface area contributed by atoms with Crippen molar-refractivity contribution in [3.05, 3.63) is 58.1 Å². The van der Waals surface area contributed by atoms with E-state index in [1.54, 1.807) is 19.1 Å². The fourth-order valence-electron chi connectivity index (χ4n) is 4.51. The van der Waals surface area contributed by atoms with Gasteiger partial charge in [0, 0.05) is 0 Å². The Morgan fingerprint density at radius 1 is 1.09 bits per heavy atom. The lowest BCUT2D eigenvalue weighted by Crippen LogP contribution is -2.50. The minimum absolute atomic E-state index is 0.195. The zero-order valence-electron chi connectivity index (χ0n) is 19.7. The lowest BCUT2D eigenvalue weighted by atomic mass is 9.88. The molecule has 6 nitrogen and oxygen atoms in total. The van der Waals surface area contributed by atoms with E-state index in [0.717, 1.165) is 29.0 Å². The minimum Gasteiger partial charge on any atom is -0.495 e. The van der Waals surface area contributed by atoms with Gasteiger partial charge in [0.25, 0.3) is 0 Å².